The van der Waals surface area contributed by atoms with Crippen molar-refractivity contribution in [1.29, 1.82) is 0 Å². The molecule has 0 unspecified atom stereocenters. The molecule has 1 saturated carbocycles. The molecule has 2 rings (SSSR count). The molecule has 1 aromatic carbocycles. The van der Waals surface area contributed by atoms with Crippen LogP contribution in [0.1, 0.15) is 18.4 Å². The van der Waals surface area contributed by atoms with Crippen LogP contribution in [0.5, 0.6) is 0 Å². The molecule has 0 aromatic heterocycles. The standard InChI is InChI=1S/C12H13BrClF2N/c13-9-1-2-10(15)8(11(9)16)5-17-7-12(6-14)3-4-12/h1-2,17H,3-7H2. The molecule has 0 heterocycles. The van der Waals surface area contributed by atoms with Crippen molar-refractivity contribution < 1.29 is 8.78 Å². The second-order valence-electron chi connectivity index (χ2n) is 4.56. The fourth-order valence-electron chi connectivity index (χ4n) is 1.72. The van der Waals surface area contributed by atoms with Gasteiger partial charge in [-0.2, -0.15) is 0 Å². The van der Waals surface area contributed by atoms with Crippen LogP contribution in [0.3, 0.4) is 0 Å². The molecule has 0 saturated heterocycles. The Labute approximate surface area is 113 Å². The Morgan fingerprint density at radius 1 is 1.35 bits per heavy atom. The zero-order chi connectivity index (χ0) is 12.5. The molecule has 0 radical (unpaired) electrons. The summed E-state index contributed by atoms with van der Waals surface area (Å²) in [5.74, 6) is -0.453. The maximum atomic E-state index is 13.6. The maximum Gasteiger partial charge on any atom is 0.144 e. The van der Waals surface area contributed by atoms with Gasteiger partial charge in [0.1, 0.15) is 11.6 Å². The number of rotatable bonds is 5. The lowest BCUT2D eigenvalue weighted by molar-refractivity contribution is 0.480. The number of alkyl halides is 1. The van der Waals surface area contributed by atoms with Crippen LogP contribution in [0.15, 0.2) is 16.6 Å². The highest BCUT2D eigenvalue weighted by Crippen LogP contribution is 2.45. The average Bonchev–Trinajstić information content (AvgIpc) is 3.09. The van der Waals surface area contributed by atoms with E-state index in [1.807, 2.05) is 0 Å². The molecule has 0 spiro atoms. The molecule has 0 amide bonds. The third-order valence-corrected chi connectivity index (χ3v) is 4.36. The molecule has 0 bridgehead atoms. The van der Waals surface area contributed by atoms with Gasteiger partial charge < -0.3 is 5.32 Å². The van der Waals surface area contributed by atoms with Gasteiger partial charge in [-0.1, -0.05) is 0 Å². The maximum absolute atomic E-state index is 13.6. The molecular formula is C12H13BrClF2N. The van der Waals surface area contributed by atoms with Crippen molar-refractivity contribution in [1.82, 2.24) is 5.32 Å². The van der Waals surface area contributed by atoms with Crippen molar-refractivity contribution in [3.8, 4) is 0 Å². The van der Waals surface area contributed by atoms with Crippen molar-refractivity contribution >= 4 is 27.5 Å². The molecular weight excluding hydrogens is 311 g/mol. The molecule has 1 aromatic rings. The highest BCUT2D eigenvalue weighted by molar-refractivity contribution is 9.10. The predicted molar refractivity (Wildman–Crippen MR) is 68.2 cm³/mol. The number of halogens is 4. The zero-order valence-electron chi connectivity index (χ0n) is 9.20. The predicted octanol–water partition coefficient (Wildman–Crippen LogP) is 3.84. The van der Waals surface area contributed by atoms with E-state index in [1.165, 1.54) is 12.1 Å². The average molecular weight is 325 g/mol. The second kappa shape index (κ2) is 5.21. The number of nitrogens with one attached hydrogen (secondary N) is 1. The third kappa shape index (κ3) is 2.98. The van der Waals surface area contributed by atoms with Crippen LogP contribution in [0.2, 0.25) is 0 Å². The van der Waals surface area contributed by atoms with E-state index >= 15 is 0 Å². The SMILES string of the molecule is Fc1ccc(Br)c(F)c1CNCC1(CCl)CC1. The van der Waals surface area contributed by atoms with Crippen molar-refractivity contribution in [2.24, 2.45) is 5.41 Å². The highest BCUT2D eigenvalue weighted by Gasteiger charge is 2.41. The van der Waals surface area contributed by atoms with E-state index in [9.17, 15) is 8.78 Å². The Bertz CT molecular complexity index is 421. The minimum atomic E-state index is -0.534. The Hall–Kier alpha value is -0.190. The molecule has 1 fully saturated rings. The van der Waals surface area contributed by atoms with Crippen LogP contribution < -0.4 is 5.32 Å². The Kier molecular flexibility index (Phi) is 4.06. The van der Waals surface area contributed by atoms with Crippen LogP contribution >= 0.6 is 27.5 Å². The molecule has 0 aliphatic heterocycles. The Morgan fingerprint density at radius 3 is 2.65 bits per heavy atom. The Balaban J connectivity index is 1.97. The van der Waals surface area contributed by atoms with Crippen molar-refractivity contribution in [3.63, 3.8) is 0 Å². The van der Waals surface area contributed by atoms with Gasteiger partial charge in [0.15, 0.2) is 0 Å². The minimum absolute atomic E-state index is 0.0738. The fourth-order valence-corrected chi connectivity index (χ4v) is 2.45. The van der Waals surface area contributed by atoms with Crippen molar-refractivity contribution in [3.05, 3.63) is 33.8 Å². The highest BCUT2D eigenvalue weighted by atomic mass is 79.9. The van der Waals surface area contributed by atoms with E-state index in [0.29, 0.717) is 12.4 Å². The summed E-state index contributed by atoms with van der Waals surface area (Å²) < 4.78 is 27.3. The van der Waals surface area contributed by atoms with E-state index in [2.05, 4.69) is 21.2 Å². The molecule has 17 heavy (non-hydrogen) atoms. The van der Waals surface area contributed by atoms with E-state index in [1.54, 1.807) is 0 Å². The summed E-state index contributed by atoms with van der Waals surface area (Å²) >= 11 is 8.88. The summed E-state index contributed by atoms with van der Waals surface area (Å²) in [5, 5.41) is 3.08. The number of hydrogen-bond donors (Lipinski definition) is 1. The lowest BCUT2D eigenvalue weighted by Gasteiger charge is -2.13. The summed E-state index contributed by atoms with van der Waals surface area (Å²) in [6.45, 7) is 0.900. The van der Waals surface area contributed by atoms with Gasteiger partial charge in [0, 0.05) is 24.5 Å². The van der Waals surface area contributed by atoms with E-state index in [-0.39, 0.29) is 22.0 Å². The molecule has 1 aliphatic carbocycles. The van der Waals surface area contributed by atoms with Crippen molar-refractivity contribution in [2.75, 3.05) is 12.4 Å². The van der Waals surface area contributed by atoms with Gasteiger partial charge in [-0.05, 0) is 46.3 Å². The van der Waals surface area contributed by atoms with Gasteiger partial charge in [-0.3, -0.25) is 0 Å². The normalized spacial score (nSPS) is 17.2. The summed E-state index contributed by atoms with van der Waals surface area (Å²) in [7, 11) is 0. The smallest absolute Gasteiger partial charge is 0.144 e. The van der Waals surface area contributed by atoms with Gasteiger partial charge in [-0.15, -0.1) is 11.6 Å². The second-order valence-corrected chi connectivity index (χ2v) is 5.68. The summed E-state index contributed by atoms with van der Waals surface area (Å²) in [6, 6.07) is 2.63. The molecule has 1 nitrogen and oxygen atoms in total. The largest absolute Gasteiger partial charge is 0.312 e. The number of hydrogen-bond acceptors (Lipinski definition) is 1. The third-order valence-electron chi connectivity index (χ3n) is 3.18. The van der Waals surface area contributed by atoms with Crippen LogP contribution in [0.4, 0.5) is 8.78 Å². The first kappa shape index (κ1) is 13.2. The summed E-state index contributed by atoms with van der Waals surface area (Å²) in [5.41, 5.74) is 0.227. The summed E-state index contributed by atoms with van der Waals surface area (Å²) in [6.07, 6.45) is 2.18. The molecule has 1 N–H and O–H groups in total. The first-order valence-electron chi connectivity index (χ1n) is 5.47. The topological polar surface area (TPSA) is 12.0 Å². The monoisotopic (exact) mass is 323 g/mol. The molecule has 94 valence electrons. The Morgan fingerprint density at radius 2 is 2.06 bits per heavy atom. The van der Waals surface area contributed by atoms with Gasteiger partial charge in [0.05, 0.1) is 4.47 Å². The molecule has 0 atom stereocenters. The first-order valence-corrected chi connectivity index (χ1v) is 6.80. The van der Waals surface area contributed by atoms with Crippen LogP contribution in [0, 0.1) is 17.0 Å². The van der Waals surface area contributed by atoms with Gasteiger partial charge in [0.2, 0.25) is 0 Å². The zero-order valence-corrected chi connectivity index (χ0v) is 11.5. The minimum Gasteiger partial charge on any atom is -0.312 e. The van der Waals surface area contributed by atoms with Crippen LogP contribution in [-0.4, -0.2) is 12.4 Å². The molecule has 1 aliphatic rings. The quantitative estimate of drug-likeness (QED) is 0.641. The van der Waals surface area contributed by atoms with Crippen LogP contribution in [-0.2, 0) is 6.54 Å². The van der Waals surface area contributed by atoms with Crippen molar-refractivity contribution in [2.45, 2.75) is 19.4 Å². The van der Waals surface area contributed by atoms with Gasteiger partial charge >= 0.3 is 0 Å². The first-order chi connectivity index (χ1) is 8.08. The van der Waals surface area contributed by atoms with E-state index < -0.39 is 11.6 Å². The van der Waals surface area contributed by atoms with E-state index in [0.717, 1.165) is 12.8 Å². The number of benzene rings is 1. The lowest BCUT2D eigenvalue weighted by atomic mass is 10.1. The summed E-state index contributed by atoms with van der Waals surface area (Å²) in [4.78, 5) is 0. The lowest BCUT2D eigenvalue weighted by Crippen LogP contribution is -2.25. The fraction of sp³-hybridized carbons (Fsp3) is 0.500. The van der Waals surface area contributed by atoms with Crippen LogP contribution in [0.25, 0.3) is 0 Å². The van der Waals surface area contributed by atoms with Gasteiger partial charge in [0.25, 0.3) is 0 Å². The van der Waals surface area contributed by atoms with E-state index in [4.69, 9.17) is 11.6 Å². The van der Waals surface area contributed by atoms with Gasteiger partial charge in [-0.25, -0.2) is 8.78 Å². The molecule has 5 heteroatoms.